The van der Waals surface area contributed by atoms with Crippen molar-refractivity contribution in [2.75, 3.05) is 25.5 Å². The lowest BCUT2D eigenvalue weighted by Gasteiger charge is -2.24. The third kappa shape index (κ3) is 4.32. The summed E-state index contributed by atoms with van der Waals surface area (Å²) in [5, 5.41) is 2.50. The summed E-state index contributed by atoms with van der Waals surface area (Å²) in [7, 11) is 3.09. The third-order valence-corrected chi connectivity index (χ3v) is 3.07. The molecule has 1 atom stereocenters. The minimum atomic E-state index is -4.52. The lowest BCUT2D eigenvalue weighted by molar-refractivity contribution is -0.141. The van der Waals surface area contributed by atoms with Crippen LogP contribution in [0.3, 0.4) is 0 Å². The smallest absolute Gasteiger partial charge is 0.359 e. The molecule has 1 aromatic rings. The maximum atomic E-state index is 12.7. The molecule has 0 saturated heterocycles. The number of anilines is 1. The molecule has 0 saturated carbocycles. The van der Waals surface area contributed by atoms with Crippen LogP contribution in [-0.2, 0) is 17.5 Å². The van der Waals surface area contributed by atoms with E-state index in [2.05, 4.69) is 10.3 Å². The summed E-state index contributed by atoms with van der Waals surface area (Å²) in [6.07, 6.45) is -4.52. The molecule has 1 aromatic heterocycles. The van der Waals surface area contributed by atoms with Crippen molar-refractivity contribution in [3.63, 3.8) is 0 Å². The van der Waals surface area contributed by atoms with Crippen LogP contribution in [-0.4, -0.2) is 31.5 Å². The number of carbonyl (C=O) groups is 1. The Bertz CT molecular complexity index is 505. The Labute approximate surface area is 121 Å². The van der Waals surface area contributed by atoms with Crippen LogP contribution in [0.2, 0.25) is 0 Å². The van der Waals surface area contributed by atoms with E-state index in [1.54, 1.807) is 14.0 Å². The van der Waals surface area contributed by atoms with Crippen molar-refractivity contribution in [1.82, 2.24) is 10.3 Å². The standard InChI is InChI=1S/C13H19F3N4O/c1-8(12(21)18-2)7-20(3)11-9(6-17)4-5-10(19-11)13(14,15)16/h4-5,8H,6-7,17H2,1-3H3,(H,18,21). The molecule has 21 heavy (non-hydrogen) atoms. The Morgan fingerprint density at radius 2 is 2.10 bits per heavy atom. The number of hydrogen-bond donors (Lipinski definition) is 2. The first-order chi connectivity index (χ1) is 9.70. The number of rotatable bonds is 5. The predicted molar refractivity (Wildman–Crippen MR) is 73.6 cm³/mol. The molecule has 1 rings (SSSR count). The van der Waals surface area contributed by atoms with Gasteiger partial charge in [-0.15, -0.1) is 0 Å². The second-order valence-corrected chi connectivity index (χ2v) is 4.78. The number of carbonyl (C=O) groups excluding carboxylic acids is 1. The molecule has 1 amide bonds. The van der Waals surface area contributed by atoms with E-state index < -0.39 is 11.9 Å². The van der Waals surface area contributed by atoms with Gasteiger partial charge in [0.2, 0.25) is 5.91 Å². The van der Waals surface area contributed by atoms with Crippen LogP contribution in [0.25, 0.3) is 0 Å². The minimum absolute atomic E-state index is 0.0686. The second-order valence-electron chi connectivity index (χ2n) is 4.78. The van der Waals surface area contributed by atoms with Gasteiger partial charge in [-0.1, -0.05) is 13.0 Å². The number of alkyl halides is 3. The molecular formula is C13H19F3N4O. The van der Waals surface area contributed by atoms with E-state index in [1.165, 1.54) is 18.0 Å². The molecule has 5 nitrogen and oxygen atoms in total. The lowest BCUT2D eigenvalue weighted by atomic mass is 10.1. The van der Waals surface area contributed by atoms with E-state index in [9.17, 15) is 18.0 Å². The van der Waals surface area contributed by atoms with Gasteiger partial charge in [0.1, 0.15) is 11.5 Å². The number of nitrogens with two attached hydrogens (primary N) is 1. The number of halogens is 3. The largest absolute Gasteiger partial charge is 0.433 e. The molecule has 0 aliphatic carbocycles. The zero-order chi connectivity index (χ0) is 16.2. The number of hydrogen-bond acceptors (Lipinski definition) is 4. The predicted octanol–water partition coefficient (Wildman–Crippen LogP) is 1.38. The van der Waals surface area contributed by atoms with E-state index >= 15 is 0 Å². The Kier molecular flexibility index (Phi) is 5.54. The highest BCUT2D eigenvalue weighted by molar-refractivity contribution is 5.78. The van der Waals surface area contributed by atoms with Crippen LogP contribution in [0, 0.1) is 5.92 Å². The van der Waals surface area contributed by atoms with Crippen LogP contribution < -0.4 is 16.0 Å². The summed E-state index contributed by atoms with van der Waals surface area (Å²) in [6, 6.07) is 2.22. The van der Waals surface area contributed by atoms with Gasteiger partial charge in [-0.25, -0.2) is 4.98 Å². The monoisotopic (exact) mass is 304 g/mol. The molecule has 1 heterocycles. The van der Waals surface area contributed by atoms with Crippen LogP contribution in [0.1, 0.15) is 18.2 Å². The van der Waals surface area contributed by atoms with E-state index in [4.69, 9.17) is 5.73 Å². The molecule has 0 aromatic carbocycles. The van der Waals surface area contributed by atoms with Crippen LogP contribution >= 0.6 is 0 Å². The van der Waals surface area contributed by atoms with E-state index in [0.29, 0.717) is 5.56 Å². The average Bonchev–Trinajstić information content (AvgIpc) is 2.44. The number of nitrogens with zero attached hydrogens (tertiary/aromatic N) is 2. The molecule has 8 heteroatoms. The number of nitrogens with one attached hydrogen (secondary N) is 1. The maximum absolute atomic E-state index is 12.7. The van der Waals surface area contributed by atoms with Crippen LogP contribution in [0.5, 0.6) is 0 Å². The molecule has 0 radical (unpaired) electrons. The summed E-state index contributed by atoms with van der Waals surface area (Å²) in [5.41, 5.74) is 5.05. The van der Waals surface area contributed by atoms with Gasteiger partial charge in [0.15, 0.2) is 0 Å². The highest BCUT2D eigenvalue weighted by Crippen LogP contribution is 2.30. The molecule has 0 aliphatic heterocycles. The van der Waals surface area contributed by atoms with Crippen molar-refractivity contribution >= 4 is 11.7 Å². The van der Waals surface area contributed by atoms with Crippen LogP contribution in [0.15, 0.2) is 12.1 Å². The van der Waals surface area contributed by atoms with Crippen molar-refractivity contribution in [1.29, 1.82) is 0 Å². The highest BCUT2D eigenvalue weighted by Gasteiger charge is 2.33. The van der Waals surface area contributed by atoms with Gasteiger partial charge in [-0.3, -0.25) is 4.79 Å². The second kappa shape index (κ2) is 6.75. The Balaban J connectivity index is 3.06. The first kappa shape index (κ1) is 17.2. The molecule has 3 N–H and O–H groups in total. The SMILES string of the molecule is CNC(=O)C(C)CN(C)c1nc(C(F)(F)F)ccc1CN. The van der Waals surface area contributed by atoms with Crippen molar-refractivity contribution in [2.24, 2.45) is 11.7 Å². The van der Waals surface area contributed by atoms with E-state index in [1.807, 2.05) is 0 Å². The van der Waals surface area contributed by atoms with Gasteiger partial charge in [0.05, 0.1) is 5.92 Å². The Hall–Kier alpha value is -1.83. The molecular weight excluding hydrogens is 285 g/mol. The van der Waals surface area contributed by atoms with E-state index in [0.717, 1.165) is 6.07 Å². The van der Waals surface area contributed by atoms with Crippen molar-refractivity contribution < 1.29 is 18.0 Å². The fourth-order valence-corrected chi connectivity index (χ4v) is 1.95. The first-order valence-corrected chi connectivity index (χ1v) is 6.40. The van der Waals surface area contributed by atoms with Gasteiger partial charge >= 0.3 is 6.18 Å². The zero-order valence-corrected chi connectivity index (χ0v) is 12.2. The maximum Gasteiger partial charge on any atom is 0.433 e. The van der Waals surface area contributed by atoms with Crippen molar-refractivity contribution in [3.05, 3.63) is 23.4 Å². The minimum Gasteiger partial charge on any atom is -0.359 e. The fraction of sp³-hybridized carbons (Fsp3) is 0.538. The van der Waals surface area contributed by atoms with Gasteiger partial charge in [0.25, 0.3) is 0 Å². The van der Waals surface area contributed by atoms with Crippen molar-refractivity contribution in [2.45, 2.75) is 19.6 Å². The fourth-order valence-electron chi connectivity index (χ4n) is 1.95. The van der Waals surface area contributed by atoms with Gasteiger partial charge in [0, 0.05) is 32.7 Å². The first-order valence-electron chi connectivity index (χ1n) is 6.40. The molecule has 0 fully saturated rings. The molecule has 0 bridgehead atoms. The summed E-state index contributed by atoms with van der Waals surface area (Å²) in [4.78, 5) is 16.6. The topological polar surface area (TPSA) is 71.2 Å². The van der Waals surface area contributed by atoms with Gasteiger partial charge < -0.3 is 16.0 Å². The quantitative estimate of drug-likeness (QED) is 0.862. The van der Waals surface area contributed by atoms with Crippen molar-refractivity contribution in [3.8, 4) is 0 Å². The Morgan fingerprint density at radius 3 is 2.57 bits per heavy atom. The normalized spacial score (nSPS) is 12.9. The molecule has 118 valence electrons. The molecule has 1 unspecified atom stereocenters. The van der Waals surface area contributed by atoms with Gasteiger partial charge in [-0.05, 0) is 6.07 Å². The highest BCUT2D eigenvalue weighted by atomic mass is 19.4. The summed E-state index contributed by atoms with van der Waals surface area (Å²) in [6.45, 7) is 1.99. The summed E-state index contributed by atoms with van der Waals surface area (Å²) >= 11 is 0. The Morgan fingerprint density at radius 1 is 1.48 bits per heavy atom. The summed E-state index contributed by atoms with van der Waals surface area (Å²) in [5.74, 6) is -0.437. The lowest BCUT2D eigenvalue weighted by Crippen LogP contribution is -2.35. The molecule has 0 aliphatic rings. The van der Waals surface area contributed by atoms with E-state index in [-0.39, 0.29) is 30.7 Å². The third-order valence-electron chi connectivity index (χ3n) is 3.07. The van der Waals surface area contributed by atoms with Gasteiger partial charge in [-0.2, -0.15) is 13.2 Å². The number of amides is 1. The number of pyridine rings is 1. The average molecular weight is 304 g/mol. The zero-order valence-electron chi connectivity index (χ0n) is 12.2. The van der Waals surface area contributed by atoms with Crippen LogP contribution in [0.4, 0.5) is 19.0 Å². The summed E-state index contributed by atoms with van der Waals surface area (Å²) < 4.78 is 38.2. The molecule has 0 spiro atoms. The number of aromatic nitrogens is 1.